The fourth-order valence-electron chi connectivity index (χ4n) is 5.05. The number of nitrogens with zero attached hydrogens (tertiary/aromatic N) is 4. The van der Waals surface area contributed by atoms with Crippen LogP contribution in [0.3, 0.4) is 0 Å². The van der Waals surface area contributed by atoms with Gasteiger partial charge in [0, 0.05) is 28.3 Å². The van der Waals surface area contributed by atoms with E-state index in [-0.39, 0.29) is 0 Å². The van der Waals surface area contributed by atoms with Crippen molar-refractivity contribution in [3.63, 3.8) is 0 Å². The molecule has 1 aliphatic carbocycles. The number of hydrogen-bond donors (Lipinski definition) is 0. The van der Waals surface area contributed by atoms with E-state index < -0.39 is 0 Å². The molecule has 1 aliphatic heterocycles. The van der Waals surface area contributed by atoms with Crippen LogP contribution in [0, 0.1) is 25.2 Å². The van der Waals surface area contributed by atoms with E-state index in [0.717, 1.165) is 56.3 Å². The van der Waals surface area contributed by atoms with Gasteiger partial charge in [-0.1, -0.05) is 36.4 Å². The number of fused-ring (bicyclic) bond motifs is 3. The first-order valence-electron chi connectivity index (χ1n) is 11.8. The third kappa shape index (κ3) is 3.38. The Labute approximate surface area is 199 Å². The van der Waals surface area contributed by atoms with Gasteiger partial charge in [0.1, 0.15) is 23.7 Å². The van der Waals surface area contributed by atoms with Crippen molar-refractivity contribution in [1.82, 2.24) is 14.5 Å². The van der Waals surface area contributed by atoms with Crippen molar-refractivity contribution in [3.8, 4) is 11.8 Å². The summed E-state index contributed by atoms with van der Waals surface area (Å²) < 4.78 is 8.58. The molecule has 0 amide bonds. The van der Waals surface area contributed by atoms with Crippen molar-refractivity contribution in [2.24, 2.45) is 0 Å². The molecule has 0 bridgehead atoms. The summed E-state index contributed by atoms with van der Waals surface area (Å²) >= 11 is 0. The summed E-state index contributed by atoms with van der Waals surface area (Å²) in [4.78, 5) is 9.88. The van der Waals surface area contributed by atoms with E-state index in [1.165, 1.54) is 18.4 Å². The predicted octanol–water partition coefficient (Wildman–Crippen LogP) is 6.21. The van der Waals surface area contributed by atoms with Gasteiger partial charge in [-0.3, -0.25) is 0 Å². The molecule has 3 heterocycles. The molecular formula is C29H26N4O. The Morgan fingerprint density at radius 3 is 2.71 bits per heavy atom. The highest BCUT2D eigenvalue weighted by atomic mass is 16.5. The van der Waals surface area contributed by atoms with Crippen LogP contribution < -0.4 is 4.74 Å². The average Bonchev–Trinajstić information content (AvgIpc) is 3.63. The molecular weight excluding hydrogens is 420 g/mol. The molecule has 168 valence electrons. The van der Waals surface area contributed by atoms with Crippen LogP contribution in [0.2, 0.25) is 0 Å². The minimum absolute atomic E-state index is 0.482. The highest BCUT2D eigenvalue weighted by molar-refractivity contribution is 5.88. The van der Waals surface area contributed by atoms with Crippen LogP contribution in [0.4, 0.5) is 0 Å². The van der Waals surface area contributed by atoms with Crippen LogP contribution in [0.15, 0.2) is 54.1 Å². The first-order chi connectivity index (χ1) is 16.5. The molecule has 0 N–H and O–H groups in total. The van der Waals surface area contributed by atoms with Gasteiger partial charge in [-0.25, -0.2) is 9.97 Å². The second-order valence-corrected chi connectivity index (χ2v) is 9.47. The summed E-state index contributed by atoms with van der Waals surface area (Å²) in [5.74, 6) is 2.48. The maximum absolute atomic E-state index is 9.72. The molecule has 34 heavy (non-hydrogen) atoms. The number of pyridine rings is 1. The van der Waals surface area contributed by atoms with Crippen molar-refractivity contribution in [1.29, 1.82) is 5.26 Å². The molecule has 1 fully saturated rings. The Morgan fingerprint density at radius 2 is 1.91 bits per heavy atom. The Hall–Kier alpha value is -3.91. The third-order valence-corrected chi connectivity index (χ3v) is 6.86. The Bertz CT molecular complexity index is 1530. The second kappa shape index (κ2) is 7.85. The van der Waals surface area contributed by atoms with Crippen molar-refractivity contribution < 1.29 is 4.74 Å². The summed E-state index contributed by atoms with van der Waals surface area (Å²) in [6, 6.07) is 19.0. The maximum Gasteiger partial charge on any atom is 0.160 e. The zero-order valence-electron chi connectivity index (χ0n) is 19.7. The molecule has 6 rings (SSSR count). The summed E-state index contributed by atoms with van der Waals surface area (Å²) in [6.45, 7) is 7.21. The van der Waals surface area contributed by atoms with E-state index in [9.17, 15) is 5.26 Å². The van der Waals surface area contributed by atoms with E-state index in [4.69, 9.17) is 14.7 Å². The number of rotatable bonds is 3. The van der Waals surface area contributed by atoms with Gasteiger partial charge < -0.3 is 9.30 Å². The lowest BCUT2D eigenvalue weighted by atomic mass is 9.90. The minimum atomic E-state index is 0.482. The zero-order chi connectivity index (χ0) is 23.4. The van der Waals surface area contributed by atoms with E-state index >= 15 is 0 Å². The number of imidazole rings is 1. The highest BCUT2D eigenvalue weighted by Gasteiger charge is 2.31. The number of allylic oxidation sites excluding steroid dienone is 1. The van der Waals surface area contributed by atoms with Crippen molar-refractivity contribution in [2.75, 3.05) is 0 Å². The smallest absolute Gasteiger partial charge is 0.160 e. The van der Waals surface area contributed by atoms with Gasteiger partial charge in [0.15, 0.2) is 5.65 Å². The summed E-state index contributed by atoms with van der Waals surface area (Å²) in [5.41, 5.74) is 10.1. The number of hydrogen-bond acceptors (Lipinski definition) is 4. The molecule has 0 saturated heterocycles. The molecule has 0 unspecified atom stereocenters. The van der Waals surface area contributed by atoms with Crippen LogP contribution in [0.25, 0.3) is 16.7 Å². The van der Waals surface area contributed by atoms with Gasteiger partial charge in [0.25, 0.3) is 0 Å². The van der Waals surface area contributed by atoms with Gasteiger partial charge in [0.2, 0.25) is 0 Å². The number of benzene rings is 2. The molecule has 0 atom stereocenters. The fourth-order valence-corrected chi connectivity index (χ4v) is 5.05. The fraction of sp³-hybridized carbons (Fsp3) is 0.276. The van der Waals surface area contributed by atoms with E-state index in [2.05, 4.69) is 54.0 Å². The number of ether oxygens (including phenoxy) is 1. The van der Waals surface area contributed by atoms with Crippen LogP contribution >= 0.6 is 0 Å². The van der Waals surface area contributed by atoms with Crippen molar-refractivity contribution in [2.45, 2.75) is 52.7 Å². The van der Waals surface area contributed by atoms with Crippen molar-refractivity contribution in [3.05, 3.63) is 93.4 Å². The van der Waals surface area contributed by atoms with Gasteiger partial charge in [0.05, 0.1) is 12.6 Å². The normalized spacial score (nSPS) is 16.3. The standard InChI is InChI=1S/C29H26N4O/c1-17-12-19(3)31-29-27(17)32-28(21-9-10-21)33(29)15-20-8-11-24-25(13-20)34-16-22-6-4-5-7-23(22)26(24)18(2)14-30/h4-8,11-13,21H,9-10,15-16H2,1-3H3/b26-18+. The third-order valence-electron chi connectivity index (χ3n) is 6.86. The van der Waals surface area contributed by atoms with Crippen molar-refractivity contribution >= 4 is 16.7 Å². The summed E-state index contributed by atoms with van der Waals surface area (Å²) in [6.07, 6.45) is 2.38. The zero-order valence-corrected chi connectivity index (χ0v) is 19.7. The first-order valence-corrected chi connectivity index (χ1v) is 11.8. The van der Waals surface area contributed by atoms with E-state index in [0.29, 0.717) is 24.6 Å². The highest BCUT2D eigenvalue weighted by Crippen LogP contribution is 2.42. The number of aryl methyl sites for hydroxylation is 2. The summed E-state index contributed by atoms with van der Waals surface area (Å²) in [7, 11) is 0. The lowest BCUT2D eigenvalue weighted by Crippen LogP contribution is -2.06. The van der Waals surface area contributed by atoms with Gasteiger partial charge in [-0.2, -0.15) is 5.26 Å². The largest absolute Gasteiger partial charge is 0.488 e. The Kier molecular flexibility index (Phi) is 4.77. The number of nitriles is 1. The monoisotopic (exact) mass is 446 g/mol. The maximum atomic E-state index is 9.72. The Balaban J connectivity index is 1.46. The van der Waals surface area contributed by atoms with Gasteiger partial charge >= 0.3 is 0 Å². The molecule has 1 saturated carbocycles. The van der Waals surface area contributed by atoms with Crippen LogP contribution in [-0.2, 0) is 13.2 Å². The number of aromatic nitrogens is 3. The first kappa shape index (κ1) is 20.7. The average molecular weight is 447 g/mol. The molecule has 2 aromatic carbocycles. The predicted molar refractivity (Wildman–Crippen MR) is 133 cm³/mol. The topological polar surface area (TPSA) is 63.7 Å². The SMILES string of the molecule is C/C(C#N)=C1/c2ccccc2COc2cc(Cn3c(C4CC4)nc4c(C)cc(C)nc43)ccc21. The van der Waals surface area contributed by atoms with Crippen LogP contribution in [-0.4, -0.2) is 14.5 Å². The molecule has 5 nitrogen and oxygen atoms in total. The molecule has 0 radical (unpaired) electrons. The van der Waals surface area contributed by atoms with Gasteiger partial charge in [-0.15, -0.1) is 0 Å². The second-order valence-electron chi connectivity index (χ2n) is 9.47. The van der Waals surface area contributed by atoms with E-state index in [1.54, 1.807) is 0 Å². The Morgan fingerprint density at radius 1 is 1.09 bits per heavy atom. The molecule has 0 spiro atoms. The lowest BCUT2D eigenvalue weighted by Gasteiger charge is -2.14. The molecule has 5 heteroatoms. The molecule has 4 aromatic rings. The van der Waals surface area contributed by atoms with Crippen LogP contribution in [0.1, 0.15) is 65.0 Å². The minimum Gasteiger partial charge on any atom is -0.488 e. The lowest BCUT2D eigenvalue weighted by molar-refractivity contribution is 0.307. The van der Waals surface area contributed by atoms with E-state index in [1.807, 2.05) is 26.0 Å². The quantitative estimate of drug-likeness (QED) is 0.351. The van der Waals surface area contributed by atoms with Gasteiger partial charge in [-0.05, 0) is 68.0 Å². The molecule has 2 aromatic heterocycles. The summed E-state index contributed by atoms with van der Waals surface area (Å²) in [5, 5.41) is 9.72. The van der Waals surface area contributed by atoms with Crippen LogP contribution in [0.5, 0.6) is 5.75 Å². The molecule has 2 aliphatic rings.